The van der Waals surface area contributed by atoms with Gasteiger partial charge in [0.25, 0.3) is 0 Å². The monoisotopic (exact) mass is 410 g/mol. The molecular formula is C17H19BrN2O3S. The second-order valence-corrected chi connectivity index (χ2v) is 8.38. The van der Waals surface area contributed by atoms with E-state index in [1.165, 1.54) is 4.31 Å². The number of nitrogens with one attached hydrogen (secondary N) is 1. The van der Waals surface area contributed by atoms with Gasteiger partial charge in [-0.2, -0.15) is 4.31 Å². The van der Waals surface area contributed by atoms with Gasteiger partial charge < -0.3 is 10.1 Å². The Hall–Kier alpha value is -1.41. The maximum atomic E-state index is 12.7. The fourth-order valence-electron chi connectivity index (χ4n) is 2.52. The first-order valence-corrected chi connectivity index (χ1v) is 9.95. The fraction of sp³-hybridized carbons (Fsp3) is 0.294. The molecule has 2 aromatic rings. The molecule has 0 atom stereocenters. The summed E-state index contributed by atoms with van der Waals surface area (Å²) in [5, 5.41) is 3.30. The van der Waals surface area contributed by atoms with Crippen molar-refractivity contribution in [1.82, 2.24) is 4.31 Å². The summed E-state index contributed by atoms with van der Waals surface area (Å²) in [6, 6.07) is 14.9. The Kier molecular flexibility index (Phi) is 5.55. The van der Waals surface area contributed by atoms with Crippen LogP contribution >= 0.6 is 15.9 Å². The number of benzene rings is 2. The van der Waals surface area contributed by atoms with E-state index in [-0.39, 0.29) is 0 Å². The van der Waals surface area contributed by atoms with Crippen LogP contribution in [0.15, 0.2) is 57.9 Å². The van der Waals surface area contributed by atoms with Crippen LogP contribution in [0.25, 0.3) is 0 Å². The van der Waals surface area contributed by atoms with Crippen LogP contribution in [-0.4, -0.2) is 39.0 Å². The summed E-state index contributed by atoms with van der Waals surface area (Å²) in [5.41, 5.74) is 1.91. The van der Waals surface area contributed by atoms with Crippen molar-refractivity contribution in [2.24, 2.45) is 0 Å². The summed E-state index contributed by atoms with van der Waals surface area (Å²) in [5.74, 6) is 0. The van der Waals surface area contributed by atoms with E-state index in [1.54, 1.807) is 18.2 Å². The Morgan fingerprint density at radius 1 is 1.08 bits per heavy atom. The molecule has 1 N–H and O–H groups in total. The van der Waals surface area contributed by atoms with Gasteiger partial charge in [0, 0.05) is 29.8 Å². The Morgan fingerprint density at radius 2 is 1.79 bits per heavy atom. The summed E-state index contributed by atoms with van der Waals surface area (Å²) >= 11 is 3.40. The van der Waals surface area contributed by atoms with Gasteiger partial charge >= 0.3 is 0 Å². The number of hydrogen-bond donors (Lipinski definition) is 1. The van der Waals surface area contributed by atoms with E-state index in [0.717, 1.165) is 15.7 Å². The average Bonchev–Trinajstić information content (AvgIpc) is 2.62. The summed E-state index contributed by atoms with van der Waals surface area (Å²) < 4.78 is 33.1. The van der Waals surface area contributed by atoms with Crippen molar-refractivity contribution in [3.05, 3.63) is 58.6 Å². The third kappa shape index (κ3) is 4.16. The number of hydrogen-bond acceptors (Lipinski definition) is 4. The molecule has 0 aromatic heterocycles. The normalized spacial score (nSPS) is 16.0. The number of rotatable bonds is 5. The summed E-state index contributed by atoms with van der Waals surface area (Å²) in [6.07, 6.45) is 0. The molecule has 1 aliphatic rings. The highest BCUT2D eigenvalue weighted by Crippen LogP contribution is 2.20. The molecule has 5 nitrogen and oxygen atoms in total. The molecule has 1 aliphatic heterocycles. The van der Waals surface area contributed by atoms with Crippen molar-refractivity contribution in [3.63, 3.8) is 0 Å². The average molecular weight is 411 g/mol. The smallest absolute Gasteiger partial charge is 0.243 e. The maximum absolute atomic E-state index is 12.7. The molecule has 7 heteroatoms. The van der Waals surface area contributed by atoms with Gasteiger partial charge in [-0.3, -0.25) is 0 Å². The lowest BCUT2D eigenvalue weighted by atomic mass is 10.2. The minimum absolute atomic E-state index is 0.333. The molecule has 0 bridgehead atoms. The molecule has 0 saturated carbocycles. The predicted molar refractivity (Wildman–Crippen MR) is 97.5 cm³/mol. The van der Waals surface area contributed by atoms with Crippen LogP contribution in [0, 0.1) is 0 Å². The molecule has 0 aliphatic carbocycles. The fourth-order valence-corrected chi connectivity index (χ4v) is 4.27. The first-order valence-electron chi connectivity index (χ1n) is 7.72. The molecule has 2 aromatic carbocycles. The van der Waals surface area contributed by atoms with Crippen LogP contribution in [0.4, 0.5) is 5.69 Å². The summed E-state index contributed by atoms with van der Waals surface area (Å²) in [7, 11) is -3.45. The molecule has 128 valence electrons. The Labute approximate surface area is 150 Å². The van der Waals surface area contributed by atoms with Crippen LogP contribution in [0.5, 0.6) is 0 Å². The molecule has 0 radical (unpaired) electrons. The molecule has 0 spiro atoms. The van der Waals surface area contributed by atoms with Gasteiger partial charge in [-0.15, -0.1) is 0 Å². The number of halogens is 1. The topological polar surface area (TPSA) is 58.6 Å². The number of sulfonamides is 1. The number of nitrogens with zero attached hydrogens (tertiary/aromatic N) is 1. The van der Waals surface area contributed by atoms with Gasteiger partial charge in [0.1, 0.15) is 0 Å². The minimum Gasteiger partial charge on any atom is -0.381 e. The largest absolute Gasteiger partial charge is 0.381 e. The van der Waals surface area contributed by atoms with Crippen molar-refractivity contribution in [3.8, 4) is 0 Å². The quantitative estimate of drug-likeness (QED) is 0.822. The Balaban J connectivity index is 1.72. The van der Waals surface area contributed by atoms with Gasteiger partial charge in [-0.25, -0.2) is 8.42 Å². The van der Waals surface area contributed by atoms with E-state index in [1.807, 2.05) is 30.3 Å². The van der Waals surface area contributed by atoms with Crippen LogP contribution in [0.1, 0.15) is 5.56 Å². The molecule has 1 fully saturated rings. The SMILES string of the molecule is O=S(=O)(c1cccc(CNc2ccc(Br)cc2)c1)N1CCOCC1. The van der Waals surface area contributed by atoms with E-state index in [0.29, 0.717) is 37.7 Å². The molecule has 0 amide bonds. The van der Waals surface area contributed by atoms with Crippen LogP contribution < -0.4 is 5.32 Å². The van der Waals surface area contributed by atoms with Gasteiger partial charge in [-0.05, 0) is 42.0 Å². The van der Waals surface area contributed by atoms with Crippen molar-refractivity contribution in [2.75, 3.05) is 31.6 Å². The van der Waals surface area contributed by atoms with E-state index >= 15 is 0 Å². The van der Waals surface area contributed by atoms with E-state index in [9.17, 15) is 8.42 Å². The van der Waals surface area contributed by atoms with Crippen LogP contribution in [0.3, 0.4) is 0 Å². The second-order valence-electron chi connectivity index (χ2n) is 5.52. The van der Waals surface area contributed by atoms with Gasteiger partial charge in [0.2, 0.25) is 10.0 Å². The predicted octanol–water partition coefficient (Wildman–Crippen LogP) is 3.08. The van der Waals surface area contributed by atoms with Crippen molar-refractivity contribution < 1.29 is 13.2 Å². The Bertz CT molecular complexity index is 788. The first-order chi connectivity index (χ1) is 11.6. The number of anilines is 1. The van der Waals surface area contributed by atoms with Crippen LogP contribution in [0.2, 0.25) is 0 Å². The lowest BCUT2D eigenvalue weighted by Crippen LogP contribution is -2.40. The zero-order valence-corrected chi connectivity index (χ0v) is 15.5. The molecule has 0 unspecified atom stereocenters. The van der Waals surface area contributed by atoms with Gasteiger partial charge in [0.05, 0.1) is 18.1 Å². The number of morpholine rings is 1. The lowest BCUT2D eigenvalue weighted by Gasteiger charge is -2.26. The van der Waals surface area contributed by atoms with Crippen molar-refractivity contribution in [1.29, 1.82) is 0 Å². The number of ether oxygens (including phenoxy) is 1. The van der Waals surface area contributed by atoms with Crippen molar-refractivity contribution in [2.45, 2.75) is 11.4 Å². The zero-order valence-electron chi connectivity index (χ0n) is 13.1. The van der Waals surface area contributed by atoms with E-state index in [4.69, 9.17) is 4.74 Å². The molecule has 24 heavy (non-hydrogen) atoms. The summed E-state index contributed by atoms with van der Waals surface area (Å²) in [6.45, 7) is 2.27. The Morgan fingerprint density at radius 3 is 2.50 bits per heavy atom. The standard InChI is InChI=1S/C17H19BrN2O3S/c18-15-4-6-16(7-5-15)19-13-14-2-1-3-17(12-14)24(21,22)20-8-10-23-11-9-20/h1-7,12,19H,8-11,13H2. The van der Waals surface area contributed by atoms with Crippen LogP contribution in [-0.2, 0) is 21.3 Å². The van der Waals surface area contributed by atoms with E-state index < -0.39 is 10.0 Å². The highest BCUT2D eigenvalue weighted by Gasteiger charge is 2.26. The van der Waals surface area contributed by atoms with Gasteiger partial charge in [0.15, 0.2) is 0 Å². The zero-order chi connectivity index (χ0) is 17.0. The van der Waals surface area contributed by atoms with E-state index in [2.05, 4.69) is 21.2 Å². The minimum atomic E-state index is -3.45. The maximum Gasteiger partial charge on any atom is 0.243 e. The highest BCUT2D eigenvalue weighted by molar-refractivity contribution is 9.10. The first kappa shape index (κ1) is 17.4. The lowest BCUT2D eigenvalue weighted by molar-refractivity contribution is 0.0730. The second kappa shape index (κ2) is 7.65. The third-order valence-corrected chi connectivity index (χ3v) is 6.27. The highest BCUT2D eigenvalue weighted by atomic mass is 79.9. The third-order valence-electron chi connectivity index (χ3n) is 3.85. The van der Waals surface area contributed by atoms with Crippen molar-refractivity contribution >= 4 is 31.6 Å². The molecule has 1 heterocycles. The summed E-state index contributed by atoms with van der Waals surface area (Å²) in [4.78, 5) is 0.333. The molecule has 3 rings (SSSR count). The molecule has 1 saturated heterocycles. The van der Waals surface area contributed by atoms with Gasteiger partial charge in [-0.1, -0.05) is 28.1 Å². The molecular weight excluding hydrogens is 392 g/mol.